The largest absolute Gasteiger partial charge is 0.507 e. The molecule has 0 saturated carbocycles. The van der Waals surface area contributed by atoms with Crippen molar-refractivity contribution in [3.8, 4) is 5.75 Å². The van der Waals surface area contributed by atoms with Crippen LogP contribution in [0.1, 0.15) is 56.2 Å². The van der Waals surface area contributed by atoms with Crippen LogP contribution in [0, 0.1) is 5.82 Å². The molecule has 0 aromatic heterocycles. The molecule has 1 aliphatic heterocycles. The number of hydrogen-bond acceptors (Lipinski definition) is 5. The summed E-state index contributed by atoms with van der Waals surface area (Å²) in [4.78, 5) is 38.5. The van der Waals surface area contributed by atoms with Gasteiger partial charge in [0.05, 0.1) is 4.91 Å². The number of benzene rings is 2. The van der Waals surface area contributed by atoms with Gasteiger partial charge < -0.3 is 10.4 Å². The van der Waals surface area contributed by atoms with Crippen molar-refractivity contribution >= 4 is 40.6 Å². The summed E-state index contributed by atoms with van der Waals surface area (Å²) in [6.07, 6.45) is 1.61. The first-order valence-electron chi connectivity index (χ1n) is 10.2. The standard InChI is InChI=1S/C24H25FN2O4S/c1-13(2)18-9-15(10-19(14(3)4)22(18)29)11-20-23(30)27(24(31)32-20)12-21(28)26-17-7-5-16(25)6-8-17/h5-11,13-14,29H,12H2,1-4H3,(H,26,28)/b20-11-. The van der Waals surface area contributed by atoms with E-state index in [2.05, 4.69) is 5.32 Å². The van der Waals surface area contributed by atoms with Gasteiger partial charge in [-0.25, -0.2) is 4.39 Å². The van der Waals surface area contributed by atoms with Crippen molar-refractivity contribution in [2.75, 3.05) is 11.9 Å². The van der Waals surface area contributed by atoms with Crippen molar-refractivity contribution in [3.05, 3.63) is 63.8 Å². The Balaban J connectivity index is 1.80. The fourth-order valence-electron chi connectivity index (χ4n) is 3.33. The number of thioether (sulfide) groups is 1. The lowest BCUT2D eigenvalue weighted by Gasteiger charge is -2.16. The monoisotopic (exact) mass is 456 g/mol. The highest BCUT2D eigenvalue weighted by Crippen LogP contribution is 2.37. The molecule has 0 unspecified atom stereocenters. The minimum Gasteiger partial charge on any atom is -0.507 e. The zero-order chi connectivity index (χ0) is 23.6. The summed E-state index contributed by atoms with van der Waals surface area (Å²) < 4.78 is 13.0. The average Bonchev–Trinajstić information content (AvgIpc) is 2.97. The van der Waals surface area contributed by atoms with Crippen molar-refractivity contribution < 1.29 is 23.9 Å². The third-order valence-corrected chi connectivity index (χ3v) is 5.94. The lowest BCUT2D eigenvalue weighted by molar-refractivity contribution is -0.127. The lowest BCUT2D eigenvalue weighted by Crippen LogP contribution is -2.36. The van der Waals surface area contributed by atoms with Crippen molar-refractivity contribution in [2.45, 2.75) is 39.5 Å². The number of nitrogens with one attached hydrogen (secondary N) is 1. The van der Waals surface area contributed by atoms with Gasteiger partial charge in [0, 0.05) is 5.69 Å². The molecule has 2 aromatic carbocycles. The molecule has 0 spiro atoms. The second kappa shape index (κ2) is 9.56. The SMILES string of the molecule is CC(C)c1cc(/C=C2\SC(=O)N(CC(=O)Nc3ccc(F)cc3)C2=O)cc(C(C)C)c1O. The van der Waals surface area contributed by atoms with E-state index in [4.69, 9.17) is 0 Å². The van der Waals surface area contributed by atoms with Gasteiger partial charge in [-0.05, 0) is 82.8 Å². The van der Waals surface area contributed by atoms with Crippen LogP contribution in [0.25, 0.3) is 6.08 Å². The molecule has 1 saturated heterocycles. The van der Waals surface area contributed by atoms with E-state index in [-0.39, 0.29) is 22.5 Å². The molecule has 1 aliphatic rings. The summed E-state index contributed by atoms with van der Waals surface area (Å²) in [5, 5.41) is 12.6. The number of aromatic hydroxyl groups is 1. The molecular weight excluding hydrogens is 431 g/mol. The minimum absolute atomic E-state index is 0.0751. The zero-order valence-electron chi connectivity index (χ0n) is 18.3. The zero-order valence-corrected chi connectivity index (χ0v) is 19.1. The van der Waals surface area contributed by atoms with Crippen molar-refractivity contribution in [1.82, 2.24) is 4.90 Å². The highest BCUT2D eigenvalue weighted by Gasteiger charge is 2.36. The number of halogens is 1. The molecule has 3 rings (SSSR count). The summed E-state index contributed by atoms with van der Waals surface area (Å²) in [7, 11) is 0. The summed E-state index contributed by atoms with van der Waals surface area (Å²) in [5.74, 6) is -1.15. The Morgan fingerprint density at radius 1 is 1.09 bits per heavy atom. The second-order valence-electron chi connectivity index (χ2n) is 8.18. The fraction of sp³-hybridized carbons (Fsp3) is 0.292. The van der Waals surface area contributed by atoms with Crippen LogP contribution in [0.2, 0.25) is 0 Å². The van der Waals surface area contributed by atoms with E-state index < -0.39 is 29.4 Å². The molecule has 32 heavy (non-hydrogen) atoms. The van der Waals surface area contributed by atoms with Crippen molar-refractivity contribution in [2.24, 2.45) is 0 Å². The lowest BCUT2D eigenvalue weighted by atomic mass is 9.91. The Morgan fingerprint density at radius 2 is 1.66 bits per heavy atom. The first-order valence-corrected chi connectivity index (χ1v) is 11.1. The topological polar surface area (TPSA) is 86.7 Å². The molecule has 8 heteroatoms. The molecule has 2 N–H and O–H groups in total. The summed E-state index contributed by atoms with van der Waals surface area (Å²) in [5.41, 5.74) is 2.60. The number of rotatable bonds is 6. The molecular formula is C24H25FN2O4S. The number of carbonyl (C=O) groups is 3. The number of anilines is 1. The van der Waals surface area contributed by atoms with Gasteiger partial charge in [-0.15, -0.1) is 0 Å². The Kier molecular flexibility index (Phi) is 7.03. The van der Waals surface area contributed by atoms with Gasteiger partial charge in [-0.2, -0.15) is 0 Å². The summed E-state index contributed by atoms with van der Waals surface area (Å²) in [6, 6.07) is 8.80. The maximum atomic E-state index is 13.0. The third-order valence-electron chi connectivity index (χ3n) is 5.04. The van der Waals surface area contributed by atoms with Crippen LogP contribution in [0.5, 0.6) is 5.75 Å². The average molecular weight is 457 g/mol. The van der Waals surface area contributed by atoms with E-state index in [0.29, 0.717) is 11.3 Å². The van der Waals surface area contributed by atoms with Gasteiger partial charge in [0.25, 0.3) is 11.1 Å². The van der Waals surface area contributed by atoms with Crippen molar-refractivity contribution in [3.63, 3.8) is 0 Å². The van der Waals surface area contributed by atoms with E-state index in [1.54, 1.807) is 18.2 Å². The predicted octanol–water partition coefficient (Wildman–Crippen LogP) is 5.45. The second-order valence-corrected chi connectivity index (χ2v) is 9.17. The van der Waals surface area contributed by atoms with Crippen LogP contribution >= 0.6 is 11.8 Å². The number of imide groups is 1. The Hall–Kier alpha value is -3.13. The van der Waals surface area contributed by atoms with E-state index >= 15 is 0 Å². The number of carbonyl (C=O) groups excluding carboxylic acids is 3. The first kappa shape index (κ1) is 23.5. The molecule has 0 radical (unpaired) electrons. The Labute approximate surface area is 190 Å². The summed E-state index contributed by atoms with van der Waals surface area (Å²) in [6.45, 7) is 7.43. The van der Waals surface area contributed by atoms with Crippen LogP contribution in [0.4, 0.5) is 14.9 Å². The maximum absolute atomic E-state index is 13.0. The highest BCUT2D eigenvalue weighted by molar-refractivity contribution is 8.18. The molecule has 3 amide bonds. The van der Waals surface area contributed by atoms with Crippen LogP contribution in [-0.2, 0) is 9.59 Å². The molecule has 0 bridgehead atoms. The smallest absolute Gasteiger partial charge is 0.294 e. The van der Waals surface area contributed by atoms with Crippen LogP contribution in [-0.4, -0.2) is 33.6 Å². The first-order chi connectivity index (χ1) is 15.1. The van der Waals surface area contributed by atoms with Gasteiger partial charge in [0.15, 0.2) is 0 Å². The summed E-state index contributed by atoms with van der Waals surface area (Å²) >= 11 is 0.766. The van der Waals surface area contributed by atoms with Gasteiger partial charge in [-0.1, -0.05) is 27.7 Å². The molecule has 6 nitrogen and oxygen atoms in total. The van der Waals surface area contributed by atoms with E-state index in [9.17, 15) is 23.9 Å². The Bertz CT molecular complexity index is 1060. The molecule has 1 fully saturated rings. The van der Waals surface area contributed by atoms with Crippen LogP contribution in [0.15, 0.2) is 41.3 Å². The number of hydrogen-bond donors (Lipinski definition) is 2. The Morgan fingerprint density at radius 3 is 2.19 bits per heavy atom. The molecule has 0 atom stereocenters. The molecule has 168 valence electrons. The van der Waals surface area contributed by atoms with E-state index in [1.807, 2.05) is 27.7 Å². The minimum atomic E-state index is -0.561. The molecule has 1 heterocycles. The van der Waals surface area contributed by atoms with Gasteiger partial charge in [0.1, 0.15) is 18.1 Å². The van der Waals surface area contributed by atoms with Crippen LogP contribution in [0.3, 0.4) is 0 Å². The maximum Gasteiger partial charge on any atom is 0.294 e. The molecule has 2 aromatic rings. The van der Waals surface area contributed by atoms with Gasteiger partial charge >= 0.3 is 0 Å². The fourth-order valence-corrected chi connectivity index (χ4v) is 4.17. The van der Waals surface area contributed by atoms with E-state index in [0.717, 1.165) is 27.8 Å². The number of phenols is 1. The number of phenolic OH excluding ortho intramolecular Hbond substituents is 1. The van der Waals surface area contributed by atoms with E-state index in [1.165, 1.54) is 24.3 Å². The van der Waals surface area contributed by atoms with Crippen molar-refractivity contribution in [1.29, 1.82) is 0 Å². The van der Waals surface area contributed by atoms with Crippen LogP contribution < -0.4 is 5.32 Å². The number of nitrogens with zero attached hydrogens (tertiary/aromatic N) is 1. The molecule has 0 aliphatic carbocycles. The van der Waals surface area contributed by atoms with Gasteiger partial charge in [0.2, 0.25) is 5.91 Å². The highest BCUT2D eigenvalue weighted by atomic mass is 32.2. The normalized spacial score (nSPS) is 15.3. The predicted molar refractivity (Wildman–Crippen MR) is 124 cm³/mol. The number of amides is 3. The van der Waals surface area contributed by atoms with Gasteiger partial charge in [-0.3, -0.25) is 19.3 Å². The quantitative estimate of drug-likeness (QED) is 0.564. The third kappa shape index (κ3) is 5.19.